The molecule has 1 aromatic carbocycles. The number of hydrogen-bond acceptors (Lipinski definition) is 4. The summed E-state index contributed by atoms with van der Waals surface area (Å²) >= 11 is 0. The fourth-order valence-electron chi connectivity index (χ4n) is 3.81. The zero-order chi connectivity index (χ0) is 19.8. The van der Waals surface area contributed by atoms with Gasteiger partial charge in [-0.3, -0.25) is 14.7 Å². The van der Waals surface area contributed by atoms with E-state index in [4.69, 9.17) is 4.74 Å². The Bertz CT molecular complexity index is 733. The van der Waals surface area contributed by atoms with Gasteiger partial charge in [0.05, 0.1) is 13.2 Å². The van der Waals surface area contributed by atoms with Crippen LogP contribution in [0, 0.1) is 0 Å². The molecule has 1 fully saturated rings. The number of carbonyl (C=O) groups excluding carboxylic acids is 1. The normalized spacial score (nSPS) is 17.7. The molecular formula is C23H31N3O2. The fourth-order valence-corrected chi connectivity index (χ4v) is 3.81. The third-order valence-electron chi connectivity index (χ3n) is 5.54. The second-order valence-electron chi connectivity index (χ2n) is 7.56. The highest BCUT2D eigenvalue weighted by Crippen LogP contribution is 2.19. The number of pyridine rings is 1. The Morgan fingerprint density at radius 2 is 2.00 bits per heavy atom. The highest BCUT2D eigenvalue weighted by atomic mass is 16.5. The molecule has 0 bridgehead atoms. The Labute approximate surface area is 168 Å². The van der Waals surface area contributed by atoms with Crippen molar-refractivity contribution in [3.8, 4) is 5.75 Å². The average Bonchev–Trinajstić information content (AvgIpc) is 2.96. The van der Waals surface area contributed by atoms with Gasteiger partial charge in [-0.05, 0) is 62.2 Å². The van der Waals surface area contributed by atoms with E-state index in [9.17, 15) is 4.79 Å². The molecule has 0 saturated carbocycles. The Morgan fingerprint density at radius 3 is 2.71 bits per heavy atom. The Morgan fingerprint density at radius 1 is 1.18 bits per heavy atom. The van der Waals surface area contributed by atoms with Gasteiger partial charge in [0, 0.05) is 25.5 Å². The lowest BCUT2D eigenvalue weighted by Crippen LogP contribution is -2.47. The number of aromatic nitrogens is 1. The summed E-state index contributed by atoms with van der Waals surface area (Å²) in [5.74, 6) is 1.09. The minimum Gasteiger partial charge on any atom is -0.497 e. The first-order chi connectivity index (χ1) is 13.7. The maximum atomic E-state index is 13.4. The molecule has 28 heavy (non-hydrogen) atoms. The molecular weight excluding hydrogens is 350 g/mol. The molecule has 0 unspecified atom stereocenters. The Balaban J connectivity index is 1.72. The number of methoxy groups -OCH3 is 1. The third-order valence-corrected chi connectivity index (χ3v) is 5.54. The van der Waals surface area contributed by atoms with Gasteiger partial charge in [-0.1, -0.05) is 31.0 Å². The van der Waals surface area contributed by atoms with E-state index in [1.54, 1.807) is 13.3 Å². The van der Waals surface area contributed by atoms with Crippen molar-refractivity contribution in [3.05, 3.63) is 59.9 Å². The zero-order valence-corrected chi connectivity index (χ0v) is 17.0. The van der Waals surface area contributed by atoms with Gasteiger partial charge in [-0.25, -0.2) is 0 Å². The molecule has 1 atom stereocenters. The van der Waals surface area contributed by atoms with Gasteiger partial charge >= 0.3 is 0 Å². The minimum atomic E-state index is -0.0185. The lowest BCUT2D eigenvalue weighted by Gasteiger charge is -2.31. The lowest BCUT2D eigenvalue weighted by molar-refractivity contribution is -0.137. The molecule has 5 nitrogen and oxygen atoms in total. The topological polar surface area (TPSA) is 45.7 Å². The molecule has 5 heteroatoms. The standard InChI is InChI=1S/C23H31N3O2/c1-25-15-5-3-4-8-22(25)23(27)26(18-20-7-6-14-24-17-20)16-13-19-9-11-21(28-2)12-10-19/h6-7,9-12,14,17,22H,3-5,8,13,15-16,18H2,1-2H3/t22-/m1/s1. The van der Waals surface area contributed by atoms with Crippen LogP contribution in [0.15, 0.2) is 48.8 Å². The van der Waals surface area contributed by atoms with Gasteiger partial charge in [-0.2, -0.15) is 0 Å². The van der Waals surface area contributed by atoms with Gasteiger partial charge in [0.25, 0.3) is 0 Å². The van der Waals surface area contributed by atoms with Gasteiger partial charge in [0.2, 0.25) is 5.91 Å². The van der Waals surface area contributed by atoms with Crippen LogP contribution in [0.5, 0.6) is 5.75 Å². The summed E-state index contributed by atoms with van der Waals surface area (Å²) in [4.78, 5) is 21.9. The van der Waals surface area contributed by atoms with Gasteiger partial charge in [0.15, 0.2) is 0 Å². The lowest BCUT2D eigenvalue weighted by atomic mass is 10.1. The molecule has 0 radical (unpaired) electrons. The molecule has 3 rings (SSSR count). The van der Waals surface area contributed by atoms with Crippen LogP contribution in [0.2, 0.25) is 0 Å². The third kappa shape index (κ3) is 5.55. The summed E-state index contributed by atoms with van der Waals surface area (Å²) in [5, 5.41) is 0. The smallest absolute Gasteiger partial charge is 0.240 e. The van der Waals surface area contributed by atoms with Crippen LogP contribution in [-0.2, 0) is 17.8 Å². The van der Waals surface area contributed by atoms with E-state index in [1.807, 2.05) is 35.4 Å². The van der Waals surface area contributed by atoms with E-state index in [2.05, 4.69) is 29.1 Å². The number of likely N-dealkylation sites (tertiary alicyclic amines) is 1. The van der Waals surface area contributed by atoms with Crippen molar-refractivity contribution in [1.29, 1.82) is 0 Å². The molecule has 1 aliphatic rings. The van der Waals surface area contributed by atoms with Crippen molar-refractivity contribution in [2.75, 3.05) is 27.2 Å². The second kappa shape index (κ2) is 10.2. The molecule has 1 amide bonds. The number of hydrogen-bond donors (Lipinski definition) is 0. The highest BCUT2D eigenvalue weighted by Gasteiger charge is 2.28. The molecule has 0 spiro atoms. The number of rotatable bonds is 7. The Hall–Kier alpha value is -2.40. The summed E-state index contributed by atoms with van der Waals surface area (Å²) in [7, 11) is 3.76. The first kappa shape index (κ1) is 20.3. The van der Waals surface area contributed by atoms with Gasteiger partial charge in [0.1, 0.15) is 5.75 Å². The second-order valence-corrected chi connectivity index (χ2v) is 7.56. The zero-order valence-electron chi connectivity index (χ0n) is 17.0. The van der Waals surface area contributed by atoms with E-state index in [0.29, 0.717) is 13.1 Å². The van der Waals surface area contributed by atoms with Gasteiger partial charge < -0.3 is 9.64 Å². The molecule has 0 N–H and O–H groups in total. The number of benzene rings is 1. The quantitative estimate of drug-likeness (QED) is 0.736. The van der Waals surface area contributed by atoms with Crippen LogP contribution >= 0.6 is 0 Å². The minimum absolute atomic E-state index is 0.0185. The van der Waals surface area contributed by atoms with Crippen LogP contribution in [-0.4, -0.2) is 54.0 Å². The maximum Gasteiger partial charge on any atom is 0.240 e. The van der Waals surface area contributed by atoms with Crippen molar-refractivity contribution < 1.29 is 9.53 Å². The summed E-state index contributed by atoms with van der Waals surface area (Å²) in [6.45, 7) is 2.30. The number of likely N-dealkylation sites (N-methyl/N-ethyl adjacent to an activating group) is 1. The van der Waals surface area contributed by atoms with Crippen LogP contribution < -0.4 is 4.74 Å². The Kier molecular flexibility index (Phi) is 7.43. The van der Waals surface area contributed by atoms with E-state index in [-0.39, 0.29) is 11.9 Å². The van der Waals surface area contributed by atoms with Crippen LogP contribution in [0.1, 0.15) is 36.8 Å². The van der Waals surface area contributed by atoms with Crippen molar-refractivity contribution in [1.82, 2.24) is 14.8 Å². The van der Waals surface area contributed by atoms with E-state index >= 15 is 0 Å². The number of carbonyl (C=O) groups is 1. The highest BCUT2D eigenvalue weighted by molar-refractivity contribution is 5.82. The predicted molar refractivity (Wildman–Crippen MR) is 111 cm³/mol. The van der Waals surface area contributed by atoms with Crippen molar-refractivity contribution >= 4 is 5.91 Å². The van der Waals surface area contributed by atoms with Crippen molar-refractivity contribution in [2.45, 2.75) is 44.7 Å². The van der Waals surface area contributed by atoms with E-state index in [0.717, 1.165) is 37.1 Å². The fraction of sp³-hybridized carbons (Fsp3) is 0.478. The van der Waals surface area contributed by atoms with Crippen LogP contribution in [0.25, 0.3) is 0 Å². The summed E-state index contributed by atoms with van der Waals surface area (Å²) in [6.07, 6.45) is 8.90. The van der Waals surface area contributed by atoms with Crippen molar-refractivity contribution in [3.63, 3.8) is 0 Å². The maximum absolute atomic E-state index is 13.4. The average molecular weight is 382 g/mol. The van der Waals surface area contributed by atoms with Crippen LogP contribution in [0.3, 0.4) is 0 Å². The molecule has 150 valence electrons. The molecule has 1 aromatic heterocycles. The molecule has 2 heterocycles. The molecule has 1 saturated heterocycles. The first-order valence-electron chi connectivity index (χ1n) is 10.2. The van der Waals surface area contributed by atoms with E-state index in [1.165, 1.54) is 18.4 Å². The number of amides is 1. The summed E-state index contributed by atoms with van der Waals surface area (Å²) in [5.41, 5.74) is 2.28. The predicted octanol–water partition coefficient (Wildman–Crippen LogP) is 3.54. The molecule has 1 aliphatic heterocycles. The summed E-state index contributed by atoms with van der Waals surface area (Å²) < 4.78 is 5.24. The van der Waals surface area contributed by atoms with Crippen LogP contribution in [0.4, 0.5) is 0 Å². The van der Waals surface area contributed by atoms with Gasteiger partial charge in [-0.15, -0.1) is 0 Å². The summed E-state index contributed by atoms with van der Waals surface area (Å²) in [6, 6.07) is 12.0. The largest absolute Gasteiger partial charge is 0.497 e. The molecule has 2 aromatic rings. The SMILES string of the molecule is COc1ccc(CCN(Cc2cccnc2)C(=O)[C@H]2CCCCCN2C)cc1. The molecule has 0 aliphatic carbocycles. The van der Waals surface area contributed by atoms with E-state index < -0.39 is 0 Å². The first-order valence-corrected chi connectivity index (χ1v) is 10.2. The van der Waals surface area contributed by atoms with Crippen molar-refractivity contribution in [2.24, 2.45) is 0 Å². The number of nitrogens with zero attached hydrogens (tertiary/aromatic N) is 3. The number of ether oxygens (including phenoxy) is 1. The monoisotopic (exact) mass is 381 g/mol.